The SMILES string of the molecule is CCOc1ccc(C(F)(CN)C2CC2)cc1. The van der Waals surface area contributed by atoms with Crippen molar-refractivity contribution in [3.8, 4) is 5.75 Å². The van der Waals surface area contributed by atoms with Crippen LogP contribution in [0.15, 0.2) is 24.3 Å². The van der Waals surface area contributed by atoms with Gasteiger partial charge in [-0.1, -0.05) is 12.1 Å². The Morgan fingerprint density at radius 2 is 2.00 bits per heavy atom. The van der Waals surface area contributed by atoms with Crippen molar-refractivity contribution in [2.75, 3.05) is 13.2 Å². The molecule has 16 heavy (non-hydrogen) atoms. The fourth-order valence-corrected chi connectivity index (χ4v) is 2.06. The Morgan fingerprint density at radius 1 is 1.38 bits per heavy atom. The first-order valence-corrected chi connectivity index (χ1v) is 5.83. The number of alkyl halides is 1. The van der Waals surface area contributed by atoms with E-state index in [0.717, 1.165) is 18.6 Å². The maximum absolute atomic E-state index is 14.6. The van der Waals surface area contributed by atoms with E-state index in [0.29, 0.717) is 12.2 Å². The summed E-state index contributed by atoms with van der Waals surface area (Å²) < 4.78 is 19.9. The van der Waals surface area contributed by atoms with Crippen molar-refractivity contribution >= 4 is 0 Å². The second-order valence-corrected chi connectivity index (χ2v) is 4.30. The standard InChI is InChI=1S/C13H18FNO/c1-2-16-12-7-5-11(6-8-12)13(14,9-15)10-3-4-10/h5-8,10H,2-4,9,15H2,1H3. The first kappa shape index (κ1) is 11.4. The predicted molar refractivity (Wildman–Crippen MR) is 62.2 cm³/mol. The lowest BCUT2D eigenvalue weighted by molar-refractivity contribution is 0.143. The number of hydrogen-bond acceptors (Lipinski definition) is 2. The van der Waals surface area contributed by atoms with Crippen LogP contribution in [0.3, 0.4) is 0 Å². The van der Waals surface area contributed by atoms with Gasteiger partial charge < -0.3 is 10.5 Å². The Bertz CT molecular complexity index is 347. The summed E-state index contributed by atoms with van der Waals surface area (Å²) in [6, 6.07) is 7.20. The Hall–Kier alpha value is -1.09. The molecular formula is C13H18FNO. The van der Waals surface area contributed by atoms with Gasteiger partial charge in [-0.25, -0.2) is 4.39 Å². The van der Waals surface area contributed by atoms with Gasteiger partial charge in [-0.05, 0) is 43.4 Å². The summed E-state index contributed by atoms with van der Waals surface area (Å²) in [7, 11) is 0. The number of ether oxygens (including phenoxy) is 1. The number of benzene rings is 1. The van der Waals surface area contributed by atoms with Crippen LogP contribution < -0.4 is 10.5 Å². The van der Waals surface area contributed by atoms with E-state index in [1.165, 1.54) is 0 Å². The van der Waals surface area contributed by atoms with E-state index in [1.807, 2.05) is 19.1 Å². The molecule has 1 aromatic rings. The molecule has 1 aliphatic rings. The van der Waals surface area contributed by atoms with Crippen LogP contribution in [0.5, 0.6) is 5.75 Å². The lowest BCUT2D eigenvalue weighted by Crippen LogP contribution is -2.32. The van der Waals surface area contributed by atoms with E-state index in [1.54, 1.807) is 12.1 Å². The summed E-state index contributed by atoms with van der Waals surface area (Å²) in [5.41, 5.74) is 4.91. The quantitative estimate of drug-likeness (QED) is 0.832. The molecule has 0 heterocycles. The molecule has 0 bridgehead atoms. The topological polar surface area (TPSA) is 35.2 Å². The molecule has 1 aromatic carbocycles. The summed E-state index contributed by atoms with van der Waals surface area (Å²) in [6.45, 7) is 2.61. The second-order valence-electron chi connectivity index (χ2n) is 4.30. The summed E-state index contributed by atoms with van der Waals surface area (Å²) in [5.74, 6) is 0.886. The minimum atomic E-state index is -1.34. The maximum Gasteiger partial charge on any atom is 0.150 e. The first-order chi connectivity index (χ1) is 7.70. The lowest BCUT2D eigenvalue weighted by atomic mass is 9.91. The monoisotopic (exact) mass is 223 g/mol. The van der Waals surface area contributed by atoms with Gasteiger partial charge in [-0.3, -0.25) is 0 Å². The van der Waals surface area contributed by atoms with Crippen molar-refractivity contribution in [2.45, 2.75) is 25.4 Å². The molecule has 2 rings (SSSR count). The van der Waals surface area contributed by atoms with E-state index in [-0.39, 0.29) is 12.5 Å². The molecule has 1 atom stereocenters. The highest BCUT2D eigenvalue weighted by Gasteiger charge is 2.46. The molecule has 88 valence electrons. The Morgan fingerprint density at radius 3 is 2.44 bits per heavy atom. The van der Waals surface area contributed by atoms with Gasteiger partial charge in [-0.15, -0.1) is 0 Å². The van der Waals surface area contributed by atoms with Gasteiger partial charge in [0.25, 0.3) is 0 Å². The van der Waals surface area contributed by atoms with Crippen molar-refractivity contribution in [1.82, 2.24) is 0 Å². The van der Waals surface area contributed by atoms with Gasteiger partial charge in [0, 0.05) is 6.54 Å². The normalized spacial score (nSPS) is 19.2. The summed E-state index contributed by atoms with van der Waals surface area (Å²) >= 11 is 0. The van der Waals surface area contributed by atoms with E-state index < -0.39 is 5.67 Å². The van der Waals surface area contributed by atoms with Gasteiger partial charge >= 0.3 is 0 Å². The third-order valence-corrected chi connectivity index (χ3v) is 3.17. The average molecular weight is 223 g/mol. The molecule has 0 saturated heterocycles. The fraction of sp³-hybridized carbons (Fsp3) is 0.538. The van der Waals surface area contributed by atoms with E-state index in [9.17, 15) is 4.39 Å². The van der Waals surface area contributed by atoms with Crippen molar-refractivity contribution in [2.24, 2.45) is 11.7 Å². The van der Waals surface area contributed by atoms with E-state index in [4.69, 9.17) is 10.5 Å². The molecule has 2 N–H and O–H groups in total. The Labute approximate surface area is 95.6 Å². The van der Waals surface area contributed by atoms with Crippen LogP contribution in [0.4, 0.5) is 4.39 Å². The average Bonchev–Trinajstić information content (AvgIpc) is 3.14. The van der Waals surface area contributed by atoms with Gasteiger partial charge in [-0.2, -0.15) is 0 Å². The zero-order chi connectivity index (χ0) is 11.6. The van der Waals surface area contributed by atoms with E-state index >= 15 is 0 Å². The largest absolute Gasteiger partial charge is 0.494 e. The van der Waals surface area contributed by atoms with Gasteiger partial charge in [0.15, 0.2) is 5.67 Å². The molecule has 0 aromatic heterocycles. The van der Waals surface area contributed by atoms with Crippen molar-refractivity contribution in [1.29, 1.82) is 0 Å². The molecule has 1 aliphatic carbocycles. The Kier molecular flexibility index (Phi) is 3.15. The molecule has 1 saturated carbocycles. The third kappa shape index (κ3) is 2.05. The second kappa shape index (κ2) is 4.42. The highest BCUT2D eigenvalue weighted by atomic mass is 19.1. The number of rotatable bonds is 5. The number of nitrogens with two attached hydrogens (primary N) is 1. The van der Waals surface area contributed by atoms with Gasteiger partial charge in [0.1, 0.15) is 5.75 Å². The van der Waals surface area contributed by atoms with Crippen molar-refractivity contribution in [3.63, 3.8) is 0 Å². The van der Waals surface area contributed by atoms with Crippen LogP contribution in [-0.2, 0) is 5.67 Å². The van der Waals surface area contributed by atoms with E-state index in [2.05, 4.69) is 0 Å². The van der Waals surface area contributed by atoms with Crippen LogP contribution in [0.25, 0.3) is 0 Å². The molecule has 3 heteroatoms. The molecule has 0 amide bonds. The minimum Gasteiger partial charge on any atom is -0.494 e. The van der Waals surface area contributed by atoms with Gasteiger partial charge in [0.05, 0.1) is 6.61 Å². The highest BCUT2D eigenvalue weighted by Crippen LogP contribution is 2.48. The molecule has 1 fully saturated rings. The van der Waals surface area contributed by atoms with Crippen molar-refractivity contribution in [3.05, 3.63) is 29.8 Å². The predicted octanol–water partition coefficient (Wildman–Crippen LogP) is 2.62. The summed E-state index contributed by atoms with van der Waals surface area (Å²) in [6.07, 6.45) is 1.89. The summed E-state index contributed by atoms with van der Waals surface area (Å²) in [5, 5.41) is 0. The fourth-order valence-electron chi connectivity index (χ4n) is 2.06. The minimum absolute atomic E-state index is 0.0612. The maximum atomic E-state index is 14.6. The third-order valence-electron chi connectivity index (χ3n) is 3.17. The molecule has 0 radical (unpaired) electrons. The van der Waals surface area contributed by atoms with Crippen LogP contribution in [0.1, 0.15) is 25.3 Å². The Balaban J connectivity index is 2.19. The van der Waals surface area contributed by atoms with Crippen LogP contribution in [0, 0.1) is 5.92 Å². The zero-order valence-electron chi connectivity index (χ0n) is 9.58. The highest BCUT2D eigenvalue weighted by molar-refractivity contribution is 5.32. The molecule has 2 nitrogen and oxygen atoms in total. The lowest BCUT2D eigenvalue weighted by Gasteiger charge is -2.24. The van der Waals surface area contributed by atoms with Crippen molar-refractivity contribution < 1.29 is 9.13 Å². The summed E-state index contributed by atoms with van der Waals surface area (Å²) in [4.78, 5) is 0. The zero-order valence-corrected chi connectivity index (χ0v) is 9.58. The smallest absolute Gasteiger partial charge is 0.150 e. The van der Waals surface area contributed by atoms with Crippen LogP contribution >= 0.6 is 0 Å². The molecular weight excluding hydrogens is 205 g/mol. The molecule has 1 unspecified atom stereocenters. The first-order valence-electron chi connectivity index (χ1n) is 5.83. The number of hydrogen-bond donors (Lipinski definition) is 1. The van der Waals surface area contributed by atoms with Crippen LogP contribution in [-0.4, -0.2) is 13.2 Å². The van der Waals surface area contributed by atoms with Gasteiger partial charge in [0.2, 0.25) is 0 Å². The number of halogens is 1. The molecule has 0 spiro atoms. The van der Waals surface area contributed by atoms with Crippen LogP contribution in [0.2, 0.25) is 0 Å². The molecule has 0 aliphatic heterocycles.